The lowest BCUT2D eigenvalue weighted by atomic mass is 9.92. The van der Waals surface area contributed by atoms with Gasteiger partial charge in [-0.2, -0.15) is 0 Å². The molecule has 0 aromatic carbocycles. The van der Waals surface area contributed by atoms with E-state index in [1.165, 1.54) is 0 Å². The highest BCUT2D eigenvalue weighted by atomic mass is 16.5. The summed E-state index contributed by atoms with van der Waals surface area (Å²) in [6.45, 7) is 1.85. The summed E-state index contributed by atoms with van der Waals surface area (Å²) in [4.78, 5) is 4.29. The molecule has 1 aliphatic heterocycles. The van der Waals surface area contributed by atoms with E-state index >= 15 is 0 Å². The first kappa shape index (κ1) is 8.72. The van der Waals surface area contributed by atoms with Gasteiger partial charge in [0, 0.05) is 46.1 Å². The first-order chi connectivity index (χ1) is 6.26. The Bertz CT molecular complexity index is 285. The molecule has 0 saturated carbocycles. The Morgan fingerprint density at radius 2 is 2.46 bits per heavy atom. The minimum Gasteiger partial charge on any atom is -0.375 e. The zero-order chi connectivity index (χ0) is 9.31. The van der Waals surface area contributed by atoms with Crippen LogP contribution in [0.25, 0.3) is 0 Å². The molecular weight excluding hydrogens is 166 g/mol. The van der Waals surface area contributed by atoms with Crippen LogP contribution in [0.1, 0.15) is 5.82 Å². The van der Waals surface area contributed by atoms with Crippen LogP contribution in [0.3, 0.4) is 0 Å². The van der Waals surface area contributed by atoms with Crippen molar-refractivity contribution in [2.45, 2.75) is 12.0 Å². The van der Waals surface area contributed by atoms with Crippen LogP contribution in [0.4, 0.5) is 0 Å². The van der Waals surface area contributed by atoms with Crippen LogP contribution in [0.5, 0.6) is 0 Å². The zero-order valence-corrected chi connectivity index (χ0v) is 8.08. The van der Waals surface area contributed by atoms with Crippen LogP contribution in [-0.2, 0) is 18.2 Å². The smallest absolute Gasteiger partial charge is 0.111 e. The first-order valence-electron chi connectivity index (χ1n) is 4.48. The van der Waals surface area contributed by atoms with Crippen LogP contribution in [0.2, 0.25) is 0 Å². The Kier molecular flexibility index (Phi) is 2.09. The lowest BCUT2D eigenvalue weighted by molar-refractivity contribution is -0.0519. The number of aryl methyl sites for hydroxylation is 1. The fraction of sp³-hybridized carbons (Fsp3) is 0.667. The van der Waals surface area contributed by atoms with Gasteiger partial charge in [0.05, 0.1) is 5.60 Å². The van der Waals surface area contributed by atoms with E-state index in [0.29, 0.717) is 0 Å². The van der Waals surface area contributed by atoms with Gasteiger partial charge in [-0.25, -0.2) is 4.98 Å². The molecule has 2 heterocycles. The molecule has 0 atom stereocenters. The summed E-state index contributed by atoms with van der Waals surface area (Å²) in [6, 6.07) is 0. The first-order valence-corrected chi connectivity index (χ1v) is 4.48. The molecule has 1 aromatic rings. The van der Waals surface area contributed by atoms with Gasteiger partial charge in [0.2, 0.25) is 0 Å². The normalized spacial score (nSPS) is 19.8. The Balaban J connectivity index is 2.08. The molecule has 0 radical (unpaired) electrons. The van der Waals surface area contributed by atoms with E-state index < -0.39 is 0 Å². The van der Waals surface area contributed by atoms with Crippen LogP contribution < -0.4 is 5.32 Å². The summed E-state index contributed by atoms with van der Waals surface area (Å²) in [7, 11) is 3.78. The number of imidazole rings is 1. The topological polar surface area (TPSA) is 39.1 Å². The average molecular weight is 181 g/mol. The van der Waals surface area contributed by atoms with Crippen molar-refractivity contribution < 1.29 is 4.74 Å². The summed E-state index contributed by atoms with van der Waals surface area (Å²) in [5, 5.41) is 3.22. The van der Waals surface area contributed by atoms with Gasteiger partial charge in [-0.15, -0.1) is 0 Å². The highest BCUT2D eigenvalue weighted by Gasteiger charge is 2.37. The van der Waals surface area contributed by atoms with Gasteiger partial charge in [0.15, 0.2) is 0 Å². The third-order valence-corrected chi connectivity index (χ3v) is 2.73. The van der Waals surface area contributed by atoms with E-state index in [1.54, 1.807) is 7.11 Å². The Morgan fingerprint density at radius 1 is 1.69 bits per heavy atom. The lowest BCUT2D eigenvalue weighted by Crippen LogP contribution is -2.62. The van der Waals surface area contributed by atoms with Gasteiger partial charge >= 0.3 is 0 Å². The average Bonchev–Trinajstić information content (AvgIpc) is 2.44. The number of hydrogen-bond acceptors (Lipinski definition) is 3. The fourth-order valence-corrected chi connectivity index (χ4v) is 1.60. The molecule has 0 spiro atoms. The standard InChI is InChI=1S/C9H15N3O/c1-12-4-3-11-8(12)5-9(13-2)6-10-7-9/h3-4,10H,5-7H2,1-2H3. The van der Waals surface area contributed by atoms with Crippen molar-refractivity contribution in [2.24, 2.45) is 7.05 Å². The predicted octanol–water partition coefficient (Wildman–Crippen LogP) is -0.0490. The summed E-state index contributed by atoms with van der Waals surface area (Å²) >= 11 is 0. The second-order valence-corrected chi connectivity index (χ2v) is 3.62. The number of aromatic nitrogens is 2. The number of ether oxygens (including phenoxy) is 1. The molecular formula is C9H15N3O. The highest BCUT2D eigenvalue weighted by Crippen LogP contribution is 2.20. The molecule has 1 N–H and O–H groups in total. The molecule has 13 heavy (non-hydrogen) atoms. The lowest BCUT2D eigenvalue weighted by Gasteiger charge is -2.41. The van der Waals surface area contributed by atoms with E-state index in [9.17, 15) is 0 Å². The molecule has 1 fully saturated rings. The van der Waals surface area contributed by atoms with Crippen molar-refractivity contribution in [3.05, 3.63) is 18.2 Å². The number of methoxy groups -OCH3 is 1. The van der Waals surface area contributed by atoms with Gasteiger partial charge in [0.1, 0.15) is 5.82 Å². The minimum atomic E-state index is -0.0148. The molecule has 0 amide bonds. The third kappa shape index (κ3) is 1.47. The van der Waals surface area contributed by atoms with E-state index in [0.717, 1.165) is 25.3 Å². The zero-order valence-electron chi connectivity index (χ0n) is 8.08. The Labute approximate surface area is 77.9 Å². The number of rotatable bonds is 3. The second kappa shape index (κ2) is 3.12. The van der Waals surface area contributed by atoms with Gasteiger partial charge in [-0.3, -0.25) is 0 Å². The summed E-state index contributed by atoms with van der Waals surface area (Å²) in [5.41, 5.74) is -0.0148. The van der Waals surface area contributed by atoms with Crippen LogP contribution in [-0.4, -0.2) is 35.4 Å². The van der Waals surface area contributed by atoms with Gasteiger partial charge in [-0.05, 0) is 0 Å². The van der Waals surface area contributed by atoms with E-state index in [2.05, 4.69) is 10.3 Å². The molecule has 0 aliphatic carbocycles. The fourth-order valence-electron chi connectivity index (χ4n) is 1.60. The van der Waals surface area contributed by atoms with Crippen LogP contribution in [0, 0.1) is 0 Å². The Morgan fingerprint density at radius 3 is 2.85 bits per heavy atom. The van der Waals surface area contributed by atoms with E-state index in [1.807, 2.05) is 24.0 Å². The maximum Gasteiger partial charge on any atom is 0.111 e. The third-order valence-electron chi connectivity index (χ3n) is 2.73. The van der Waals surface area contributed by atoms with Crippen molar-refractivity contribution >= 4 is 0 Å². The van der Waals surface area contributed by atoms with E-state index in [-0.39, 0.29) is 5.60 Å². The number of hydrogen-bond donors (Lipinski definition) is 1. The maximum atomic E-state index is 5.49. The van der Waals surface area contributed by atoms with Gasteiger partial charge < -0.3 is 14.6 Å². The molecule has 4 heteroatoms. The molecule has 72 valence electrons. The van der Waals surface area contributed by atoms with Crippen molar-refractivity contribution in [3.8, 4) is 0 Å². The van der Waals surface area contributed by atoms with E-state index in [4.69, 9.17) is 4.74 Å². The maximum absolute atomic E-state index is 5.49. The monoisotopic (exact) mass is 181 g/mol. The van der Waals surface area contributed by atoms with Crippen molar-refractivity contribution in [3.63, 3.8) is 0 Å². The molecule has 1 aromatic heterocycles. The van der Waals surface area contributed by atoms with Crippen LogP contribution >= 0.6 is 0 Å². The second-order valence-electron chi connectivity index (χ2n) is 3.62. The van der Waals surface area contributed by atoms with Gasteiger partial charge in [-0.1, -0.05) is 0 Å². The summed E-state index contributed by atoms with van der Waals surface area (Å²) in [6.07, 6.45) is 4.68. The summed E-state index contributed by atoms with van der Waals surface area (Å²) < 4.78 is 7.53. The summed E-state index contributed by atoms with van der Waals surface area (Å²) in [5.74, 6) is 1.09. The Hall–Kier alpha value is -0.870. The molecule has 0 bridgehead atoms. The number of nitrogens with zero attached hydrogens (tertiary/aromatic N) is 2. The number of nitrogens with one attached hydrogen (secondary N) is 1. The predicted molar refractivity (Wildman–Crippen MR) is 49.5 cm³/mol. The van der Waals surface area contributed by atoms with Crippen LogP contribution in [0.15, 0.2) is 12.4 Å². The van der Waals surface area contributed by atoms with Crippen molar-refractivity contribution in [1.29, 1.82) is 0 Å². The quantitative estimate of drug-likeness (QED) is 0.710. The molecule has 2 rings (SSSR count). The van der Waals surface area contributed by atoms with Crippen molar-refractivity contribution in [2.75, 3.05) is 20.2 Å². The molecule has 1 saturated heterocycles. The molecule has 0 unspecified atom stereocenters. The molecule has 1 aliphatic rings. The highest BCUT2D eigenvalue weighted by molar-refractivity contribution is 5.04. The molecule has 4 nitrogen and oxygen atoms in total. The largest absolute Gasteiger partial charge is 0.375 e. The minimum absolute atomic E-state index is 0.0148. The van der Waals surface area contributed by atoms with Gasteiger partial charge in [0.25, 0.3) is 0 Å². The van der Waals surface area contributed by atoms with Crippen molar-refractivity contribution in [1.82, 2.24) is 14.9 Å². The SMILES string of the molecule is COC1(Cc2nccn2C)CNC1.